The van der Waals surface area contributed by atoms with Gasteiger partial charge < -0.3 is 19.1 Å². The van der Waals surface area contributed by atoms with Crippen molar-refractivity contribution in [2.45, 2.75) is 26.8 Å². The van der Waals surface area contributed by atoms with Crippen molar-refractivity contribution < 1.29 is 19.0 Å². The van der Waals surface area contributed by atoms with Crippen LogP contribution in [0, 0.1) is 11.3 Å². The molecule has 2 aromatic carbocycles. The van der Waals surface area contributed by atoms with Crippen LogP contribution in [0.15, 0.2) is 63.5 Å². The van der Waals surface area contributed by atoms with Gasteiger partial charge in [0.1, 0.15) is 29.4 Å². The highest BCUT2D eigenvalue weighted by Crippen LogP contribution is 2.38. The number of hydrogen-bond acceptors (Lipinski definition) is 8. The van der Waals surface area contributed by atoms with Crippen molar-refractivity contribution in [3.63, 3.8) is 0 Å². The van der Waals surface area contributed by atoms with E-state index in [0.29, 0.717) is 56.5 Å². The van der Waals surface area contributed by atoms with Crippen LogP contribution >= 0.6 is 11.3 Å². The number of thiazole rings is 1. The van der Waals surface area contributed by atoms with Crippen molar-refractivity contribution >= 4 is 23.3 Å². The summed E-state index contributed by atoms with van der Waals surface area (Å²) in [6, 6.07) is 13.7. The van der Waals surface area contributed by atoms with Crippen LogP contribution in [0.4, 0.5) is 0 Å². The normalized spacial score (nSPS) is 14.8. The van der Waals surface area contributed by atoms with Crippen LogP contribution in [-0.4, -0.2) is 49.3 Å². The predicted octanol–water partition coefficient (Wildman–Crippen LogP) is 3.02. The molecule has 202 valence electrons. The summed E-state index contributed by atoms with van der Waals surface area (Å²) in [7, 11) is 3.12. The number of ether oxygens (including phenoxy) is 3. The summed E-state index contributed by atoms with van der Waals surface area (Å²) in [5.74, 6) is 1.44. The Morgan fingerprint density at radius 1 is 1.15 bits per heavy atom. The molecule has 1 aliphatic rings. The third kappa shape index (κ3) is 5.45. The molecule has 0 saturated carbocycles. The maximum absolute atomic E-state index is 14.0. The van der Waals surface area contributed by atoms with Gasteiger partial charge in [-0.1, -0.05) is 23.5 Å². The summed E-state index contributed by atoms with van der Waals surface area (Å²) >= 11 is 1.24. The van der Waals surface area contributed by atoms with Gasteiger partial charge in [-0.05, 0) is 62.7 Å². The summed E-state index contributed by atoms with van der Waals surface area (Å²) < 4.78 is 18.6. The molecular weight excluding hydrogens is 516 g/mol. The van der Waals surface area contributed by atoms with E-state index in [0.717, 1.165) is 5.56 Å². The average molecular weight is 547 g/mol. The SMILES string of the molecule is CCN(CC)C(=O)C1=C(C)N=c2s/c(=C/c3cccc(OCC#N)c3)c(=O)n2[C@H]1c1cc(OC)ccc1OC. The van der Waals surface area contributed by atoms with Gasteiger partial charge in [0.05, 0.1) is 30.0 Å². The minimum Gasteiger partial charge on any atom is -0.497 e. The second-order valence-electron chi connectivity index (χ2n) is 8.69. The zero-order chi connectivity index (χ0) is 28.1. The standard InChI is InChI=1S/C29H30N4O5S/c1-6-32(7-2)28(35)25-18(3)31-29-33(26(25)22-17-20(36-4)11-12-23(22)37-5)27(34)24(39-29)16-19-9-8-10-21(15-19)38-14-13-30/h8-12,15-17,26H,6-7,14H2,1-5H3/b24-16+/t26-/m0/s1. The molecule has 0 spiro atoms. The highest BCUT2D eigenvalue weighted by atomic mass is 32.1. The molecule has 0 aliphatic carbocycles. The van der Waals surface area contributed by atoms with Gasteiger partial charge in [0.2, 0.25) is 0 Å². The fourth-order valence-electron chi connectivity index (χ4n) is 4.58. The Hall–Kier alpha value is -4.36. The average Bonchev–Trinajstić information content (AvgIpc) is 3.25. The van der Waals surface area contributed by atoms with E-state index in [-0.39, 0.29) is 18.1 Å². The van der Waals surface area contributed by atoms with Gasteiger partial charge in [-0.3, -0.25) is 14.2 Å². The minimum absolute atomic E-state index is 0.0728. The van der Waals surface area contributed by atoms with Gasteiger partial charge in [-0.25, -0.2) is 4.99 Å². The summed E-state index contributed by atoms with van der Waals surface area (Å²) in [6.07, 6.45) is 1.76. The van der Waals surface area contributed by atoms with Crippen molar-refractivity contribution in [2.24, 2.45) is 4.99 Å². The first-order chi connectivity index (χ1) is 18.9. The number of aromatic nitrogens is 1. The van der Waals surface area contributed by atoms with Gasteiger partial charge in [0, 0.05) is 18.7 Å². The number of carbonyl (C=O) groups excluding carboxylic acids is 1. The molecule has 1 aliphatic heterocycles. The van der Waals surface area contributed by atoms with E-state index in [9.17, 15) is 9.59 Å². The van der Waals surface area contributed by atoms with Gasteiger partial charge in [-0.15, -0.1) is 0 Å². The lowest BCUT2D eigenvalue weighted by Gasteiger charge is -2.30. The van der Waals surface area contributed by atoms with Crippen molar-refractivity contribution in [1.82, 2.24) is 9.47 Å². The fraction of sp³-hybridized carbons (Fsp3) is 0.310. The van der Waals surface area contributed by atoms with Gasteiger partial charge in [0.25, 0.3) is 11.5 Å². The first-order valence-corrected chi connectivity index (χ1v) is 13.3. The Balaban J connectivity index is 1.97. The van der Waals surface area contributed by atoms with E-state index in [4.69, 9.17) is 24.5 Å². The first-order valence-electron chi connectivity index (χ1n) is 12.5. The lowest BCUT2D eigenvalue weighted by atomic mass is 9.93. The van der Waals surface area contributed by atoms with Crippen LogP contribution < -0.4 is 29.1 Å². The monoisotopic (exact) mass is 546 g/mol. The van der Waals surface area contributed by atoms with Gasteiger partial charge in [-0.2, -0.15) is 5.26 Å². The first kappa shape index (κ1) is 27.7. The third-order valence-electron chi connectivity index (χ3n) is 6.49. The van der Waals surface area contributed by atoms with Crippen LogP contribution in [0.5, 0.6) is 17.2 Å². The quantitative estimate of drug-likeness (QED) is 0.409. The molecule has 1 atom stereocenters. The van der Waals surface area contributed by atoms with E-state index in [1.54, 1.807) is 73.1 Å². The van der Waals surface area contributed by atoms with E-state index < -0.39 is 6.04 Å². The number of allylic oxidation sites excluding steroid dienone is 1. The number of hydrogen-bond donors (Lipinski definition) is 0. The predicted molar refractivity (Wildman–Crippen MR) is 149 cm³/mol. The molecule has 0 N–H and O–H groups in total. The van der Waals surface area contributed by atoms with Gasteiger partial charge >= 0.3 is 0 Å². The summed E-state index contributed by atoms with van der Waals surface area (Å²) in [5.41, 5.74) is 2.04. The lowest BCUT2D eigenvalue weighted by molar-refractivity contribution is -0.127. The molecule has 0 bridgehead atoms. The summed E-state index contributed by atoms with van der Waals surface area (Å²) in [4.78, 5) is 34.7. The number of rotatable bonds is 9. The number of fused-ring (bicyclic) bond motifs is 1. The molecule has 3 aromatic rings. The Morgan fingerprint density at radius 3 is 2.59 bits per heavy atom. The molecule has 4 rings (SSSR count). The Morgan fingerprint density at radius 2 is 1.92 bits per heavy atom. The number of benzene rings is 2. The largest absolute Gasteiger partial charge is 0.497 e. The molecule has 9 nitrogen and oxygen atoms in total. The number of carbonyl (C=O) groups is 1. The smallest absolute Gasteiger partial charge is 0.271 e. The van der Waals surface area contributed by atoms with Crippen LogP contribution in [-0.2, 0) is 4.79 Å². The second kappa shape index (κ2) is 12.0. The van der Waals surface area contributed by atoms with Crippen LogP contribution in [0.25, 0.3) is 6.08 Å². The Kier molecular flexibility index (Phi) is 8.52. The van der Waals surface area contributed by atoms with Crippen molar-refractivity contribution in [3.8, 4) is 23.3 Å². The molecular formula is C29H30N4O5S. The van der Waals surface area contributed by atoms with E-state index in [2.05, 4.69) is 0 Å². The maximum Gasteiger partial charge on any atom is 0.271 e. The molecule has 2 heterocycles. The summed E-state index contributed by atoms with van der Waals surface area (Å²) in [6.45, 7) is 6.59. The van der Waals surface area contributed by atoms with Crippen molar-refractivity contribution in [1.29, 1.82) is 5.26 Å². The molecule has 1 aromatic heterocycles. The van der Waals surface area contributed by atoms with Crippen molar-refractivity contribution in [3.05, 3.63) is 84.5 Å². The lowest BCUT2D eigenvalue weighted by Crippen LogP contribution is -2.43. The zero-order valence-electron chi connectivity index (χ0n) is 22.6. The Labute approximate surface area is 230 Å². The number of likely N-dealkylation sites (N-methyl/N-ethyl adjacent to an activating group) is 1. The van der Waals surface area contributed by atoms with Gasteiger partial charge in [0.15, 0.2) is 11.4 Å². The fourth-order valence-corrected chi connectivity index (χ4v) is 5.63. The highest BCUT2D eigenvalue weighted by Gasteiger charge is 2.36. The number of methoxy groups -OCH3 is 2. The van der Waals surface area contributed by atoms with Crippen molar-refractivity contribution in [2.75, 3.05) is 33.9 Å². The molecule has 0 fully saturated rings. The Bertz CT molecular complexity index is 1640. The number of amides is 1. The van der Waals surface area contributed by atoms with Crippen LogP contribution in [0.2, 0.25) is 0 Å². The molecule has 0 saturated heterocycles. The number of nitriles is 1. The third-order valence-corrected chi connectivity index (χ3v) is 7.48. The highest BCUT2D eigenvalue weighted by molar-refractivity contribution is 7.07. The zero-order valence-corrected chi connectivity index (χ0v) is 23.4. The number of nitrogens with zero attached hydrogens (tertiary/aromatic N) is 4. The molecule has 10 heteroatoms. The second-order valence-corrected chi connectivity index (χ2v) is 9.70. The topological polar surface area (TPSA) is 106 Å². The summed E-state index contributed by atoms with van der Waals surface area (Å²) in [5, 5.41) is 8.82. The van der Waals surface area contributed by atoms with E-state index in [1.807, 2.05) is 26.0 Å². The van der Waals surface area contributed by atoms with Crippen LogP contribution in [0.1, 0.15) is 37.9 Å². The van der Waals surface area contributed by atoms with Crippen LogP contribution in [0.3, 0.4) is 0 Å². The molecule has 0 unspecified atom stereocenters. The molecule has 0 radical (unpaired) electrons. The maximum atomic E-state index is 14.0. The minimum atomic E-state index is -0.771. The molecule has 1 amide bonds. The van der Waals surface area contributed by atoms with E-state index in [1.165, 1.54) is 11.3 Å². The molecule has 39 heavy (non-hydrogen) atoms. The van der Waals surface area contributed by atoms with E-state index >= 15 is 0 Å².